The normalized spacial score (nSPS) is 10.2. The summed E-state index contributed by atoms with van der Waals surface area (Å²) in [6, 6.07) is 9.41. The summed E-state index contributed by atoms with van der Waals surface area (Å²) in [7, 11) is 0. The van der Waals surface area contributed by atoms with Gasteiger partial charge in [-0.2, -0.15) is 0 Å². The molecular formula is C15H12BrClN2O4. The number of hydrogen-bond donors (Lipinski definition) is 1. The number of anilines is 1. The standard InChI is InChI=1S/C15H12BrClN2O4/c1-9-6-10(16)2-4-12(9)18-15(20)8-23-14-5-3-11(17)7-13(14)19(21)22/h2-7H,8H2,1H3,(H,18,20). The van der Waals surface area contributed by atoms with Gasteiger partial charge in [0, 0.05) is 21.2 Å². The third kappa shape index (κ3) is 4.67. The smallest absolute Gasteiger partial charge is 0.312 e. The van der Waals surface area contributed by atoms with Gasteiger partial charge in [-0.05, 0) is 42.8 Å². The number of ether oxygens (including phenoxy) is 1. The maximum atomic E-state index is 11.9. The van der Waals surface area contributed by atoms with Gasteiger partial charge < -0.3 is 10.1 Å². The van der Waals surface area contributed by atoms with E-state index in [4.69, 9.17) is 16.3 Å². The fourth-order valence-electron chi connectivity index (χ4n) is 1.85. The van der Waals surface area contributed by atoms with Crippen LogP contribution in [0.5, 0.6) is 5.75 Å². The van der Waals surface area contributed by atoms with Crippen molar-refractivity contribution >= 4 is 44.8 Å². The second kappa shape index (κ2) is 7.43. The molecule has 0 saturated carbocycles. The van der Waals surface area contributed by atoms with Crippen LogP contribution in [0.1, 0.15) is 5.56 Å². The Kier molecular flexibility index (Phi) is 5.57. The summed E-state index contributed by atoms with van der Waals surface area (Å²) in [6.45, 7) is 1.50. The van der Waals surface area contributed by atoms with Crippen LogP contribution in [0, 0.1) is 17.0 Å². The van der Waals surface area contributed by atoms with Gasteiger partial charge in [-0.15, -0.1) is 0 Å². The second-order valence-corrected chi connectivity index (χ2v) is 6.02. The minimum absolute atomic E-state index is 0.0120. The number of benzene rings is 2. The predicted octanol–water partition coefficient (Wildman–Crippen LogP) is 4.34. The highest BCUT2D eigenvalue weighted by molar-refractivity contribution is 9.10. The molecule has 0 aliphatic rings. The fourth-order valence-corrected chi connectivity index (χ4v) is 2.49. The summed E-state index contributed by atoms with van der Waals surface area (Å²) >= 11 is 9.06. The lowest BCUT2D eigenvalue weighted by Gasteiger charge is -2.10. The molecule has 0 aromatic heterocycles. The van der Waals surface area contributed by atoms with Gasteiger partial charge in [0.05, 0.1) is 4.92 Å². The predicted molar refractivity (Wildman–Crippen MR) is 91.1 cm³/mol. The van der Waals surface area contributed by atoms with Crippen molar-refractivity contribution in [2.75, 3.05) is 11.9 Å². The third-order valence-corrected chi connectivity index (χ3v) is 3.67. The molecule has 120 valence electrons. The first kappa shape index (κ1) is 17.2. The lowest BCUT2D eigenvalue weighted by atomic mass is 10.2. The molecule has 0 unspecified atom stereocenters. The molecular weight excluding hydrogens is 388 g/mol. The van der Waals surface area contributed by atoms with E-state index in [0.717, 1.165) is 10.0 Å². The van der Waals surface area contributed by atoms with E-state index in [0.29, 0.717) is 5.69 Å². The van der Waals surface area contributed by atoms with Gasteiger partial charge in [0.1, 0.15) is 0 Å². The van der Waals surface area contributed by atoms with E-state index < -0.39 is 10.8 Å². The van der Waals surface area contributed by atoms with Gasteiger partial charge in [0.15, 0.2) is 12.4 Å². The van der Waals surface area contributed by atoms with Crippen molar-refractivity contribution in [2.45, 2.75) is 6.92 Å². The molecule has 2 rings (SSSR count). The van der Waals surface area contributed by atoms with Crippen LogP contribution >= 0.6 is 27.5 Å². The molecule has 0 radical (unpaired) electrons. The van der Waals surface area contributed by atoms with Crippen molar-refractivity contribution in [1.82, 2.24) is 0 Å². The van der Waals surface area contributed by atoms with E-state index in [2.05, 4.69) is 21.2 Å². The maximum Gasteiger partial charge on any atom is 0.312 e. The van der Waals surface area contributed by atoms with Crippen molar-refractivity contribution in [3.05, 3.63) is 61.6 Å². The monoisotopic (exact) mass is 398 g/mol. The highest BCUT2D eigenvalue weighted by atomic mass is 79.9. The lowest BCUT2D eigenvalue weighted by molar-refractivity contribution is -0.385. The lowest BCUT2D eigenvalue weighted by Crippen LogP contribution is -2.20. The van der Waals surface area contributed by atoms with Crippen molar-refractivity contribution in [3.63, 3.8) is 0 Å². The molecule has 1 N–H and O–H groups in total. The number of nitrogens with zero attached hydrogens (tertiary/aromatic N) is 1. The van der Waals surface area contributed by atoms with Crippen LogP contribution in [0.2, 0.25) is 5.02 Å². The zero-order valence-electron chi connectivity index (χ0n) is 12.0. The number of rotatable bonds is 5. The van der Waals surface area contributed by atoms with Crippen LogP contribution in [-0.4, -0.2) is 17.4 Å². The Balaban J connectivity index is 2.03. The van der Waals surface area contributed by atoms with Gasteiger partial charge in [0.2, 0.25) is 0 Å². The summed E-state index contributed by atoms with van der Waals surface area (Å²) in [4.78, 5) is 22.3. The Bertz CT molecular complexity index is 767. The summed E-state index contributed by atoms with van der Waals surface area (Å²) in [5.41, 5.74) is 1.24. The van der Waals surface area contributed by atoms with Crippen LogP contribution in [0.15, 0.2) is 40.9 Å². The topological polar surface area (TPSA) is 81.5 Å². The van der Waals surface area contributed by atoms with Crippen LogP contribution in [-0.2, 0) is 4.79 Å². The van der Waals surface area contributed by atoms with Crippen LogP contribution in [0.4, 0.5) is 11.4 Å². The van der Waals surface area contributed by atoms with E-state index >= 15 is 0 Å². The highest BCUT2D eigenvalue weighted by Crippen LogP contribution is 2.29. The SMILES string of the molecule is Cc1cc(Br)ccc1NC(=O)COc1ccc(Cl)cc1[N+](=O)[O-]. The van der Waals surface area contributed by atoms with Crippen LogP contribution < -0.4 is 10.1 Å². The zero-order valence-corrected chi connectivity index (χ0v) is 14.3. The number of nitro groups is 1. The Hall–Kier alpha value is -2.12. The Morgan fingerprint density at radius 1 is 1.35 bits per heavy atom. The molecule has 0 heterocycles. The summed E-state index contributed by atoms with van der Waals surface area (Å²) in [5.74, 6) is -0.429. The molecule has 0 aliphatic carbocycles. The molecule has 8 heteroatoms. The molecule has 1 amide bonds. The van der Waals surface area contributed by atoms with Gasteiger partial charge in [-0.3, -0.25) is 14.9 Å². The van der Waals surface area contributed by atoms with E-state index in [9.17, 15) is 14.9 Å². The molecule has 2 aromatic rings. The van der Waals surface area contributed by atoms with E-state index in [1.54, 1.807) is 12.1 Å². The van der Waals surface area contributed by atoms with Crippen LogP contribution in [0.3, 0.4) is 0 Å². The number of nitrogens with one attached hydrogen (secondary N) is 1. The average molecular weight is 400 g/mol. The number of halogens is 2. The van der Waals surface area contributed by atoms with Crippen LogP contribution in [0.25, 0.3) is 0 Å². The molecule has 0 bridgehead atoms. The number of carbonyl (C=O) groups excluding carboxylic acids is 1. The Morgan fingerprint density at radius 2 is 2.09 bits per heavy atom. The Morgan fingerprint density at radius 3 is 2.74 bits per heavy atom. The van der Waals surface area contributed by atoms with E-state index in [1.165, 1.54) is 18.2 Å². The molecule has 0 spiro atoms. The zero-order chi connectivity index (χ0) is 17.0. The second-order valence-electron chi connectivity index (χ2n) is 4.67. The molecule has 6 nitrogen and oxygen atoms in total. The Labute approximate surface area is 145 Å². The van der Waals surface area contributed by atoms with Crippen molar-refractivity contribution < 1.29 is 14.5 Å². The quantitative estimate of drug-likeness (QED) is 0.599. The average Bonchev–Trinajstić information content (AvgIpc) is 2.48. The first-order valence-electron chi connectivity index (χ1n) is 6.49. The van der Waals surface area contributed by atoms with Crippen molar-refractivity contribution in [1.29, 1.82) is 0 Å². The highest BCUT2D eigenvalue weighted by Gasteiger charge is 2.17. The van der Waals surface area contributed by atoms with Gasteiger partial charge >= 0.3 is 5.69 Å². The molecule has 0 aliphatic heterocycles. The third-order valence-electron chi connectivity index (χ3n) is 2.94. The maximum absolute atomic E-state index is 11.9. The largest absolute Gasteiger partial charge is 0.477 e. The fraction of sp³-hybridized carbons (Fsp3) is 0.133. The first-order valence-corrected chi connectivity index (χ1v) is 7.66. The summed E-state index contributed by atoms with van der Waals surface area (Å²) < 4.78 is 6.13. The minimum Gasteiger partial charge on any atom is -0.477 e. The van der Waals surface area contributed by atoms with Gasteiger partial charge in [0.25, 0.3) is 5.91 Å². The molecule has 23 heavy (non-hydrogen) atoms. The summed E-state index contributed by atoms with van der Waals surface area (Å²) in [6.07, 6.45) is 0. The molecule has 0 atom stereocenters. The first-order chi connectivity index (χ1) is 10.9. The van der Waals surface area contributed by atoms with Crippen molar-refractivity contribution in [3.8, 4) is 5.75 Å². The molecule has 0 fully saturated rings. The summed E-state index contributed by atoms with van der Waals surface area (Å²) in [5, 5.41) is 13.9. The van der Waals surface area contributed by atoms with Gasteiger partial charge in [-0.25, -0.2) is 0 Å². The number of hydrogen-bond acceptors (Lipinski definition) is 4. The van der Waals surface area contributed by atoms with E-state index in [1.807, 2.05) is 13.0 Å². The van der Waals surface area contributed by atoms with Gasteiger partial charge in [-0.1, -0.05) is 27.5 Å². The number of amides is 1. The van der Waals surface area contributed by atoms with E-state index in [-0.39, 0.29) is 23.1 Å². The number of aryl methyl sites for hydroxylation is 1. The number of carbonyl (C=O) groups is 1. The minimum atomic E-state index is -0.613. The number of nitro benzene ring substituents is 1. The van der Waals surface area contributed by atoms with Crippen molar-refractivity contribution in [2.24, 2.45) is 0 Å². The molecule has 0 saturated heterocycles. The molecule has 2 aromatic carbocycles.